The van der Waals surface area contributed by atoms with Crippen molar-refractivity contribution in [3.05, 3.63) is 42.0 Å². The first-order valence-electron chi connectivity index (χ1n) is 7.00. The fourth-order valence-corrected chi connectivity index (χ4v) is 2.48. The molecule has 0 aliphatic carbocycles. The minimum absolute atomic E-state index is 0.0294. The number of fused-ring (bicyclic) bond motifs is 1. The van der Waals surface area contributed by atoms with E-state index in [1.54, 1.807) is 12.3 Å². The Labute approximate surface area is 123 Å². The molecule has 0 radical (unpaired) electrons. The number of rotatable bonds is 3. The molecule has 1 aliphatic heterocycles. The molecule has 3 rings (SSSR count). The number of aromatic nitrogens is 2. The van der Waals surface area contributed by atoms with Crippen molar-refractivity contribution in [3.63, 3.8) is 0 Å². The van der Waals surface area contributed by atoms with Gasteiger partial charge in [0.2, 0.25) is 5.91 Å². The number of amides is 1. The van der Waals surface area contributed by atoms with Crippen molar-refractivity contribution >= 4 is 17.3 Å². The summed E-state index contributed by atoms with van der Waals surface area (Å²) in [4.78, 5) is 18.5. The van der Waals surface area contributed by atoms with Gasteiger partial charge < -0.3 is 15.6 Å². The van der Waals surface area contributed by atoms with Crippen LogP contribution in [0.3, 0.4) is 0 Å². The van der Waals surface area contributed by atoms with Gasteiger partial charge in [-0.25, -0.2) is 4.98 Å². The lowest BCUT2D eigenvalue weighted by Gasteiger charge is -2.26. The Morgan fingerprint density at radius 3 is 3.10 bits per heavy atom. The molecular formula is C15H19N5O. The number of benzene rings is 1. The zero-order valence-electron chi connectivity index (χ0n) is 12.0. The molecule has 0 fully saturated rings. The van der Waals surface area contributed by atoms with Crippen LogP contribution in [0.5, 0.6) is 0 Å². The first-order chi connectivity index (χ1) is 10.1. The first-order valence-corrected chi connectivity index (χ1v) is 7.00. The van der Waals surface area contributed by atoms with Crippen LogP contribution in [0.15, 0.2) is 30.6 Å². The van der Waals surface area contributed by atoms with Crippen LogP contribution in [-0.4, -0.2) is 33.4 Å². The van der Waals surface area contributed by atoms with E-state index in [0.717, 1.165) is 30.2 Å². The molecule has 1 aromatic heterocycles. The van der Waals surface area contributed by atoms with Gasteiger partial charge in [-0.05, 0) is 24.6 Å². The van der Waals surface area contributed by atoms with Gasteiger partial charge in [0.15, 0.2) is 0 Å². The van der Waals surface area contributed by atoms with Crippen LogP contribution >= 0.6 is 0 Å². The van der Waals surface area contributed by atoms with E-state index in [2.05, 4.69) is 19.8 Å². The molecule has 0 atom stereocenters. The summed E-state index contributed by atoms with van der Waals surface area (Å²) in [5.41, 5.74) is 8.28. The Bertz CT molecular complexity index is 664. The van der Waals surface area contributed by atoms with Gasteiger partial charge in [0, 0.05) is 36.9 Å². The topological polar surface area (TPSA) is 76.2 Å². The van der Waals surface area contributed by atoms with Crippen LogP contribution in [-0.2, 0) is 17.9 Å². The van der Waals surface area contributed by atoms with E-state index < -0.39 is 0 Å². The smallest absolute Gasteiger partial charge is 0.238 e. The minimum Gasteiger partial charge on any atom is -0.398 e. The van der Waals surface area contributed by atoms with E-state index in [0.29, 0.717) is 18.8 Å². The van der Waals surface area contributed by atoms with E-state index in [4.69, 9.17) is 5.73 Å². The molecule has 2 aromatic rings. The molecule has 6 heteroatoms. The van der Waals surface area contributed by atoms with Crippen LogP contribution in [0.4, 0.5) is 11.4 Å². The number of carbonyl (C=O) groups excluding carboxylic acids is 1. The normalized spacial score (nSPS) is 14.7. The highest BCUT2D eigenvalue weighted by molar-refractivity contribution is 5.92. The Morgan fingerprint density at radius 2 is 2.29 bits per heavy atom. The molecule has 1 aromatic carbocycles. The van der Waals surface area contributed by atoms with Gasteiger partial charge in [-0.15, -0.1) is 0 Å². The molecule has 1 aliphatic rings. The summed E-state index contributed by atoms with van der Waals surface area (Å²) in [6.45, 7) is 4.74. The Balaban J connectivity index is 1.58. The molecule has 0 bridgehead atoms. The van der Waals surface area contributed by atoms with Crippen LogP contribution < -0.4 is 11.1 Å². The Kier molecular flexibility index (Phi) is 3.62. The first kappa shape index (κ1) is 13.6. The Morgan fingerprint density at radius 1 is 1.43 bits per heavy atom. The van der Waals surface area contributed by atoms with Gasteiger partial charge in [-0.1, -0.05) is 6.07 Å². The maximum absolute atomic E-state index is 12.1. The second-order valence-corrected chi connectivity index (χ2v) is 5.37. The maximum Gasteiger partial charge on any atom is 0.238 e. The number of nitrogens with zero attached hydrogens (tertiary/aromatic N) is 3. The highest BCUT2D eigenvalue weighted by atomic mass is 16.2. The van der Waals surface area contributed by atoms with Crippen LogP contribution in [0.25, 0.3) is 0 Å². The monoisotopic (exact) mass is 285 g/mol. The zero-order chi connectivity index (χ0) is 14.8. The lowest BCUT2D eigenvalue weighted by Crippen LogP contribution is -2.39. The average Bonchev–Trinajstić information content (AvgIpc) is 2.90. The predicted molar refractivity (Wildman–Crippen MR) is 81.7 cm³/mol. The summed E-state index contributed by atoms with van der Waals surface area (Å²) in [5, 5.41) is 2.89. The van der Waals surface area contributed by atoms with E-state index in [9.17, 15) is 4.79 Å². The second-order valence-electron chi connectivity index (χ2n) is 5.37. The highest BCUT2D eigenvalue weighted by Crippen LogP contribution is 2.17. The van der Waals surface area contributed by atoms with Crippen molar-refractivity contribution in [1.82, 2.24) is 14.5 Å². The lowest BCUT2D eigenvalue weighted by molar-refractivity contribution is -0.117. The fraction of sp³-hybridized carbons (Fsp3) is 0.333. The average molecular weight is 285 g/mol. The molecule has 0 saturated heterocycles. The molecular weight excluding hydrogens is 266 g/mol. The van der Waals surface area contributed by atoms with E-state index in [-0.39, 0.29) is 5.91 Å². The molecule has 21 heavy (non-hydrogen) atoms. The standard InChI is InChI=1S/C15H19N5O/c1-11-2-3-12(8-13(11)16)18-15(21)10-19-6-7-20-5-4-17-14(20)9-19/h2-5,8H,6-7,9-10,16H2,1H3,(H,18,21). The number of imidazole rings is 1. The van der Waals surface area contributed by atoms with Crippen molar-refractivity contribution < 1.29 is 4.79 Å². The third-order valence-electron chi connectivity index (χ3n) is 3.75. The Hall–Kier alpha value is -2.34. The number of nitrogens with one attached hydrogen (secondary N) is 1. The second kappa shape index (κ2) is 5.57. The molecule has 110 valence electrons. The molecule has 2 heterocycles. The van der Waals surface area contributed by atoms with Crippen molar-refractivity contribution in [1.29, 1.82) is 0 Å². The maximum atomic E-state index is 12.1. The number of hydrogen-bond donors (Lipinski definition) is 2. The van der Waals surface area contributed by atoms with Crippen molar-refractivity contribution in [2.75, 3.05) is 24.1 Å². The van der Waals surface area contributed by atoms with Gasteiger partial charge in [-0.2, -0.15) is 0 Å². The molecule has 0 saturated carbocycles. The number of aryl methyl sites for hydroxylation is 1. The molecule has 3 N–H and O–H groups in total. The summed E-state index contributed by atoms with van der Waals surface area (Å²) in [7, 11) is 0. The zero-order valence-corrected chi connectivity index (χ0v) is 12.0. The number of nitrogens with two attached hydrogens (primary N) is 1. The van der Waals surface area contributed by atoms with Crippen LogP contribution in [0.2, 0.25) is 0 Å². The fourth-order valence-electron chi connectivity index (χ4n) is 2.48. The largest absolute Gasteiger partial charge is 0.398 e. The summed E-state index contributed by atoms with van der Waals surface area (Å²) in [5.74, 6) is 0.979. The van der Waals surface area contributed by atoms with E-state index >= 15 is 0 Å². The summed E-state index contributed by atoms with van der Waals surface area (Å²) < 4.78 is 2.12. The molecule has 0 spiro atoms. The third-order valence-corrected chi connectivity index (χ3v) is 3.75. The van der Waals surface area contributed by atoms with Gasteiger partial charge in [0.1, 0.15) is 5.82 Å². The van der Waals surface area contributed by atoms with Crippen molar-refractivity contribution in [2.24, 2.45) is 0 Å². The summed E-state index contributed by atoms with van der Waals surface area (Å²) >= 11 is 0. The lowest BCUT2D eigenvalue weighted by atomic mass is 10.2. The molecule has 6 nitrogen and oxygen atoms in total. The van der Waals surface area contributed by atoms with Gasteiger partial charge >= 0.3 is 0 Å². The number of nitrogen functional groups attached to an aromatic ring is 1. The highest BCUT2D eigenvalue weighted by Gasteiger charge is 2.18. The van der Waals surface area contributed by atoms with Gasteiger partial charge in [-0.3, -0.25) is 9.69 Å². The van der Waals surface area contributed by atoms with Crippen molar-refractivity contribution in [3.8, 4) is 0 Å². The minimum atomic E-state index is -0.0294. The predicted octanol–water partition coefficient (Wildman–Crippen LogP) is 1.23. The van der Waals surface area contributed by atoms with Crippen molar-refractivity contribution in [2.45, 2.75) is 20.0 Å². The number of anilines is 2. The van der Waals surface area contributed by atoms with Gasteiger partial charge in [0.05, 0.1) is 13.1 Å². The van der Waals surface area contributed by atoms with E-state index in [1.807, 2.05) is 25.3 Å². The van der Waals surface area contributed by atoms with E-state index in [1.165, 1.54) is 0 Å². The third kappa shape index (κ3) is 3.05. The van der Waals surface area contributed by atoms with Crippen LogP contribution in [0.1, 0.15) is 11.4 Å². The number of carbonyl (C=O) groups is 1. The summed E-state index contributed by atoms with van der Waals surface area (Å²) in [6, 6.07) is 5.56. The SMILES string of the molecule is Cc1ccc(NC(=O)CN2CCn3ccnc3C2)cc1N. The number of hydrogen-bond acceptors (Lipinski definition) is 4. The van der Waals surface area contributed by atoms with Crippen LogP contribution in [0, 0.1) is 6.92 Å². The molecule has 0 unspecified atom stereocenters. The summed E-state index contributed by atoms with van der Waals surface area (Å²) in [6.07, 6.45) is 3.77. The quantitative estimate of drug-likeness (QED) is 0.832. The molecule has 1 amide bonds. The van der Waals surface area contributed by atoms with Gasteiger partial charge in [0.25, 0.3) is 0 Å².